The Labute approximate surface area is 156 Å². The van der Waals surface area contributed by atoms with Crippen molar-refractivity contribution in [3.63, 3.8) is 0 Å². The van der Waals surface area contributed by atoms with Gasteiger partial charge >= 0.3 is 0 Å². The minimum absolute atomic E-state index is 0.00598. The number of aromatic amines is 1. The second-order valence-electron chi connectivity index (χ2n) is 6.80. The molecule has 1 saturated heterocycles. The van der Waals surface area contributed by atoms with Gasteiger partial charge in [0.2, 0.25) is 5.95 Å². The molecule has 4 rings (SSSR count). The molecule has 0 aliphatic carbocycles. The number of fused-ring (bicyclic) bond motifs is 1. The maximum Gasteiger partial charge on any atom is 0.257 e. The van der Waals surface area contributed by atoms with Crippen LogP contribution in [-0.4, -0.2) is 64.6 Å². The van der Waals surface area contributed by atoms with Crippen LogP contribution in [0.25, 0.3) is 0 Å². The smallest absolute Gasteiger partial charge is 0.257 e. The number of rotatable bonds is 3. The molecule has 0 atom stereocenters. The highest BCUT2D eigenvalue weighted by Gasteiger charge is 2.24. The molecule has 0 spiro atoms. The molecule has 2 aromatic heterocycles. The van der Waals surface area contributed by atoms with E-state index in [1.54, 1.807) is 12.4 Å². The zero-order chi connectivity index (χ0) is 18.1. The van der Waals surface area contributed by atoms with Gasteiger partial charge in [0.25, 0.3) is 5.56 Å². The van der Waals surface area contributed by atoms with E-state index >= 15 is 0 Å². The fourth-order valence-electron chi connectivity index (χ4n) is 3.50. The topological polar surface area (TPSA) is 81.2 Å². The lowest BCUT2D eigenvalue weighted by Crippen LogP contribution is -2.47. The third-order valence-corrected chi connectivity index (χ3v) is 5.17. The van der Waals surface area contributed by atoms with E-state index in [0.29, 0.717) is 17.5 Å². The summed E-state index contributed by atoms with van der Waals surface area (Å²) in [5.74, 6) is 2.27. The molecule has 0 radical (unpaired) electrons. The molecular formula is C17H22ClN7O. The van der Waals surface area contributed by atoms with Gasteiger partial charge in [-0.05, 0) is 12.8 Å². The van der Waals surface area contributed by atoms with Crippen molar-refractivity contribution in [3.8, 4) is 0 Å². The number of anilines is 2. The van der Waals surface area contributed by atoms with Crippen molar-refractivity contribution in [1.82, 2.24) is 24.8 Å². The lowest BCUT2D eigenvalue weighted by molar-refractivity contribution is 0.243. The molecule has 1 fully saturated rings. The Bertz CT molecular complexity index is 830. The van der Waals surface area contributed by atoms with Gasteiger partial charge in [-0.3, -0.25) is 14.7 Å². The summed E-state index contributed by atoms with van der Waals surface area (Å²) in [6.45, 7) is 4.98. The molecule has 9 heteroatoms. The van der Waals surface area contributed by atoms with Crippen molar-refractivity contribution in [3.05, 3.63) is 39.2 Å². The van der Waals surface area contributed by atoms with Gasteiger partial charge in [0, 0.05) is 52.2 Å². The molecule has 0 bridgehead atoms. The first kappa shape index (κ1) is 17.2. The van der Waals surface area contributed by atoms with Crippen LogP contribution in [0, 0.1) is 0 Å². The van der Waals surface area contributed by atoms with Crippen LogP contribution in [0.4, 0.5) is 11.8 Å². The summed E-state index contributed by atoms with van der Waals surface area (Å²) in [6.07, 6.45) is 5.05. The second kappa shape index (κ2) is 7.20. The van der Waals surface area contributed by atoms with Crippen molar-refractivity contribution in [2.75, 3.05) is 49.6 Å². The monoisotopic (exact) mass is 375 g/mol. The van der Waals surface area contributed by atoms with E-state index in [9.17, 15) is 4.79 Å². The summed E-state index contributed by atoms with van der Waals surface area (Å²) < 4.78 is 0. The van der Waals surface area contributed by atoms with Crippen LogP contribution < -0.4 is 15.4 Å². The van der Waals surface area contributed by atoms with Crippen molar-refractivity contribution >= 4 is 23.4 Å². The Hall–Kier alpha value is -2.19. The summed E-state index contributed by atoms with van der Waals surface area (Å²) in [7, 11) is 2.00. The van der Waals surface area contributed by atoms with Gasteiger partial charge in [0.05, 0.1) is 17.1 Å². The quantitative estimate of drug-likeness (QED) is 0.854. The molecule has 4 heterocycles. The van der Waals surface area contributed by atoms with Crippen LogP contribution in [0.15, 0.2) is 17.2 Å². The Morgan fingerprint density at radius 2 is 1.88 bits per heavy atom. The molecule has 8 nitrogen and oxygen atoms in total. The second-order valence-corrected chi connectivity index (χ2v) is 7.23. The third-order valence-electron chi connectivity index (χ3n) is 4.97. The molecule has 0 aromatic carbocycles. The SMILES string of the molecule is CN1CCCc2c1nc(N1CCN(Cc3ncc(Cl)cn3)CC1)[nH]c2=O. The van der Waals surface area contributed by atoms with E-state index in [0.717, 1.165) is 62.8 Å². The van der Waals surface area contributed by atoms with Crippen molar-refractivity contribution < 1.29 is 0 Å². The number of hydrogen-bond donors (Lipinski definition) is 1. The van der Waals surface area contributed by atoms with Gasteiger partial charge in [-0.15, -0.1) is 0 Å². The van der Waals surface area contributed by atoms with Crippen molar-refractivity contribution in [2.24, 2.45) is 0 Å². The first-order valence-corrected chi connectivity index (χ1v) is 9.26. The number of hydrogen-bond acceptors (Lipinski definition) is 7. The lowest BCUT2D eigenvalue weighted by atomic mass is 10.1. The predicted octanol–water partition coefficient (Wildman–Crippen LogP) is 0.918. The van der Waals surface area contributed by atoms with Crippen LogP contribution >= 0.6 is 11.6 Å². The lowest BCUT2D eigenvalue weighted by Gasteiger charge is -2.35. The van der Waals surface area contributed by atoms with Gasteiger partial charge in [0.15, 0.2) is 0 Å². The van der Waals surface area contributed by atoms with Gasteiger partial charge in [-0.1, -0.05) is 11.6 Å². The Morgan fingerprint density at radius 1 is 1.15 bits per heavy atom. The van der Waals surface area contributed by atoms with Gasteiger partial charge in [-0.2, -0.15) is 4.98 Å². The van der Waals surface area contributed by atoms with Gasteiger partial charge in [0.1, 0.15) is 11.6 Å². The zero-order valence-electron chi connectivity index (χ0n) is 14.8. The molecule has 2 aliphatic rings. The minimum Gasteiger partial charge on any atom is -0.359 e. The average molecular weight is 376 g/mol. The fraction of sp³-hybridized carbons (Fsp3) is 0.529. The molecular weight excluding hydrogens is 354 g/mol. The number of piperazine rings is 1. The summed E-state index contributed by atoms with van der Waals surface area (Å²) in [6, 6.07) is 0. The van der Waals surface area contributed by atoms with E-state index in [1.165, 1.54) is 0 Å². The molecule has 0 amide bonds. The van der Waals surface area contributed by atoms with Gasteiger partial charge in [-0.25, -0.2) is 9.97 Å². The van der Waals surface area contributed by atoms with Gasteiger partial charge < -0.3 is 9.80 Å². The Kier molecular flexibility index (Phi) is 4.78. The van der Waals surface area contributed by atoms with E-state index in [1.807, 2.05) is 7.05 Å². The highest BCUT2D eigenvalue weighted by molar-refractivity contribution is 6.30. The zero-order valence-corrected chi connectivity index (χ0v) is 15.5. The maximum atomic E-state index is 12.4. The molecule has 0 saturated carbocycles. The summed E-state index contributed by atoms with van der Waals surface area (Å²) in [5.41, 5.74) is 0.801. The summed E-state index contributed by atoms with van der Waals surface area (Å²) in [4.78, 5) is 35.1. The minimum atomic E-state index is -0.00598. The van der Waals surface area contributed by atoms with Crippen LogP contribution in [0.5, 0.6) is 0 Å². The van der Waals surface area contributed by atoms with E-state index in [4.69, 9.17) is 16.6 Å². The van der Waals surface area contributed by atoms with E-state index < -0.39 is 0 Å². The summed E-state index contributed by atoms with van der Waals surface area (Å²) >= 11 is 5.83. The predicted molar refractivity (Wildman–Crippen MR) is 101 cm³/mol. The Balaban J connectivity index is 1.43. The van der Waals surface area contributed by atoms with Crippen LogP contribution in [0.2, 0.25) is 5.02 Å². The molecule has 2 aliphatic heterocycles. The average Bonchev–Trinajstić information content (AvgIpc) is 2.65. The van der Waals surface area contributed by atoms with E-state index in [2.05, 4.69) is 29.7 Å². The maximum absolute atomic E-state index is 12.4. The van der Waals surface area contributed by atoms with Crippen molar-refractivity contribution in [1.29, 1.82) is 0 Å². The van der Waals surface area contributed by atoms with E-state index in [-0.39, 0.29) is 5.56 Å². The highest BCUT2D eigenvalue weighted by atomic mass is 35.5. The van der Waals surface area contributed by atoms with Crippen LogP contribution in [0.3, 0.4) is 0 Å². The fourth-order valence-corrected chi connectivity index (χ4v) is 3.60. The first-order chi connectivity index (χ1) is 12.6. The molecule has 2 aromatic rings. The van der Waals surface area contributed by atoms with Crippen molar-refractivity contribution in [2.45, 2.75) is 19.4 Å². The standard InChI is InChI=1S/C17H22ClN7O/c1-23-4-2-3-13-15(23)21-17(22-16(13)26)25-7-5-24(6-8-25)11-14-19-9-12(18)10-20-14/h9-10H,2-8,11H2,1H3,(H,21,22,26). The largest absolute Gasteiger partial charge is 0.359 e. The molecule has 138 valence electrons. The summed E-state index contributed by atoms with van der Waals surface area (Å²) in [5, 5.41) is 0.547. The number of nitrogens with one attached hydrogen (secondary N) is 1. The number of aromatic nitrogens is 4. The van der Waals surface area contributed by atoms with Crippen LogP contribution in [0.1, 0.15) is 17.8 Å². The third kappa shape index (κ3) is 3.52. The van der Waals surface area contributed by atoms with Crippen LogP contribution in [-0.2, 0) is 13.0 Å². The highest BCUT2D eigenvalue weighted by Crippen LogP contribution is 2.23. The number of halogens is 1. The number of H-pyrrole nitrogens is 1. The first-order valence-electron chi connectivity index (χ1n) is 8.88. The molecule has 0 unspecified atom stereocenters. The normalized spacial score (nSPS) is 18.1. The number of nitrogens with zero attached hydrogens (tertiary/aromatic N) is 6. The molecule has 26 heavy (non-hydrogen) atoms. The molecule has 1 N–H and O–H groups in total. The Morgan fingerprint density at radius 3 is 2.62 bits per heavy atom.